The number of fused-ring (bicyclic) bond motifs is 1. The van der Waals surface area contributed by atoms with Crippen LogP contribution in [0.4, 0.5) is 11.4 Å². The lowest BCUT2D eigenvalue weighted by atomic mass is 9.89. The number of carbonyl (C=O) groups excluding carboxylic acids is 2. The molecule has 0 spiro atoms. The van der Waals surface area contributed by atoms with Crippen molar-refractivity contribution in [2.75, 3.05) is 29.9 Å². The molecule has 2 amide bonds. The van der Waals surface area contributed by atoms with Crippen LogP contribution in [0.2, 0.25) is 0 Å². The molecular weight excluding hydrogens is 350 g/mol. The first-order valence-electron chi connectivity index (χ1n) is 10.0. The highest BCUT2D eigenvalue weighted by Crippen LogP contribution is 2.27. The van der Waals surface area contributed by atoms with Crippen molar-refractivity contribution < 1.29 is 9.59 Å². The fourth-order valence-corrected chi connectivity index (χ4v) is 3.66. The van der Waals surface area contributed by atoms with Gasteiger partial charge in [0.1, 0.15) is 0 Å². The number of likely N-dealkylation sites (N-methyl/N-ethyl adjacent to an activating group) is 1. The maximum absolute atomic E-state index is 12.2. The van der Waals surface area contributed by atoms with Gasteiger partial charge in [0, 0.05) is 43.3 Å². The quantitative estimate of drug-likeness (QED) is 0.738. The molecule has 28 heavy (non-hydrogen) atoms. The zero-order valence-electron chi connectivity index (χ0n) is 16.7. The second kappa shape index (κ2) is 9.40. The predicted octanol–water partition coefficient (Wildman–Crippen LogP) is 3.53. The smallest absolute Gasteiger partial charge is 0.227 e. The van der Waals surface area contributed by atoms with Crippen molar-refractivity contribution in [3.63, 3.8) is 0 Å². The minimum absolute atomic E-state index is 0.00644. The number of nitrogens with one attached hydrogen (secondary N) is 2. The monoisotopic (exact) mass is 379 g/mol. The lowest BCUT2D eigenvalue weighted by Crippen LogP contribution is -2.36. The van der Waals surface area contributed by atoms with Crippen LogP contribution >= 0.6 is 0 Å². The zero-order chi connectivity index (χ0) is 19.9. The Morgan fingerprint density at radius 2 is 2.04 bits per heavy atom. The number of anilines is 2. The minimum atomic E-state index is -0.139. The van der Waals surface area contributed by atoms with Crippen molar-refractivity contribution in [1.82, 2.24) is 5.32 Å². The summed E-state index contributed by atoms with van der Waals surface area (Å²) in [4.78, 5) is 26.7. The van der Waals surface area contributed by atoms with Crippen molar-refractivity contribution in [3.05, 3.63) is 59.7 Å². The number of nitrogens with zero attached hydrogens (tertiary/aromatic N) is 1. The molecule has 1 atom stereocenters. The van der Waals surface area contributed by atoms with Crippen LogP contribution in [0.3, 0.4) is 0 Å². The first-order chi connectivity index (χ1) is 13.6. The van der Waals surface area contributed by atoms with Crippen molar-refractivity contribution in [2.24, 2.45) is 5.92 Å². The molecule has 5 nitrogen and oxygen atoms in total. The molecule has 0 aliphatic carbocycles. The highest BCUT2D eigenvalue weighted by atomic mass is 16.2. The van der Waals surface area contributed by atoms with Crippen molar-refractivity contribution in [2.45, 2.75) is 33.1 Å². The Balaban J connectivity index is 1.43. The normalized spacial score (nSPS) is 15.5. The van der Waals surface area contributed by atoms with Crippen LogP contribution in [0.5, 0.6) is 0 Å². The molecule has 0 radical (unpaired) electrons. The van der Waals surface area contributed by atoms with E-state index in [9.17, 15) is 9.59 Å². The topological polar surface area (TPSA) is 61.4 Å². The summed E-state index contributed by atoms with van der Waals surface area (Å²) in [5, 5.41) is 5.94. The van der Waals surface area contributed by atoms with Crippen molar-refractivity contribution in [3.8, 4) is 0 Å². The van der Waals surface area contributed by atoms with Crippen LogP contribution in [0.1, 0.15) is 30.9 Å². The van der Waals surface area contributed by atoms with Crippen LogP contribution in [-0.2, 0) is 16.0 Å². The van der Waals surface area contributed by atoms with E-state index >= 15 is 0 Å². The summed E-state index contributed by atoms with van der Waals surface area (Å²) < 4.78 is 0. The Morgan fingerprint density at radius 3 is 2.82 bits per heavy atom. The van der Waals surface area contributed by atoms with Crippen molar-refractivity contribution in [1.29, 1.82) is 0 Å². The largest absolute Gasteiger partial charge is 0.370 e. The Kier molecular flexibility index (Phi) is 6.69. The molecule has 1 aliphatic rings. The van der Waals surface area contributed by atoms with E-state index in [1.54, 1.807) is 0 Å². The third kappa shape index (κ3) is 5.12. The maximum atomic E-state index is 12.2. The molecule has 3 rings (SSSR count). The number of hydrogen-bond acceptors (Lipinski definition) is 3. The molecular formula is C23H29N3O2. The summed E-state index contributed by atoms with van der Waals surface area (Å²) in [6, 6.07) is 16.2. The first kappa shape index (κ1) is 19.9. The minimum Gasteiger partial charge on any atom is -0.370 e. The van der Waals surface area contributed by atoms with Gasteiger partial charge < -0.3 is 15.5 Å². The second-order valence-electron chi connectivity index (χ2n) is 7.35. The highest BCUT2D eigenvalue weighted by Gasteiger charge is 2.26. The number of hydrogen-bond donors (Lipinski definition) is 2. The average molecular weight is 380 g/mol. The van der Waals surface area contributed by atoms with E-state index in [0.717, 1.165) is 24.3 Å². The summed E-state index contributed by atoms with van der Waals surface area (Å²) in [6.07, 6.45) is 1.64. The molecule has 2 N–H and O–H groups in total. The van der Waals surface area contributed by atoms with Gasteiger partial charge in [-0.15, -0.1) is 0 Å². The number of para-hydroxylation sites is 1. The Morgan fingerprint density at radius 1 is 1.21 bits per heavy atom. The molecule has 0 bridgehead atoms. The summed E-state index contributed by atoms with van der Waals surface area (Å²) in [6.45, 7) is 6.45. The van der Waals surface area contributed by atoms with E-state index in [-0.39, 0.29) is 17.7 Å². The predicted molar refractivity (Wildman–Crippen MR) is 114 cm³/mol. The third-order valence-electron chi connectivity index (χ3n) is 5.28. The van der Waals surface area contributed by atoms with Crippen LogP contribution in [-0.4, -0.2) is 31.4 Å². The van der Waals surface area contributed by atoms with E-state index in [1.807, 2.05) is 24.3 Å². The van der Waals surface area contributed by atoms with E-state index in [0.29, 0.717) is 25.8 Å². The van der Waals surface area contributed by atoms with Gasteiger partial charge in [0.2, 0.25) is 11.8 Å². The molecule has 2 aromatic carbocycles. The number of aryl methyl sites for hydroxylation is 1. The number of carbonyl (C=O) groups is 2. The molecule has 148 valence electrons. The van der Waals surface area contributed by atoms with E-state index in [2.05, 4.69) is 53.6 Å². The van der Waals surface area contributed by atoms with Crippen LogP contribution < -0.4 is 15.5 Å². The summed E-state index contributed by atoms with van der Waals surface area (Å²) in [5.41, 5.74) is 4.44. The SMILES string of the molecule is CCN(CCNC(=O)CCC1Cc2ccccc2NC1=O)c1cccc(C)c1. The van der Waals surface area contributed by atoms with Gasteiger partial charge in [0.05, 0.1) is 0 Å². The fraction of sp³-hybridized carbons (Fsp3) is 0.391. The number of benzene rings is 2. The van der Waals surface area contributed by atoms with Gasteiger partial charge in [0.15, 0.2) is 0 Å². The van der Waals surface area contributed by atoms with E-state index in [1.165, 1.54) is 11.3 Å². The molecule has 0 saturated heterocycles. The number of rotatable bonds is 8. The molecule has 1 aliphatic heterocycles. The van der Waals surface area contributed by atoms with Gasteiger partial charge in [-0.05, 0) is 56.0 Å². The fourth-order valence-electron chi connectivity index (χ4n) is 3.66. The van der Waals surface area contributed by atoms with Crippen LogP contribution in [0, 0.1) is 12.8 Å². The summed E-state index contributed by atoms with van der Waals surface area (Å²) >= 11 is 0. The molecule has 5 heteroatoms. The first-order valence-corrected chi connectivity index (χ1v) is 10.0. The van der Waals surface area contributed by atoms with Gasteiger partial charge in [-0.2, -0.15) is 0 Å². The molecule has 1 unspecified atom stereocenters. The maximum Gasteiger partial charge on any atom is 0.227 e. The summed E-state index contributed by atoms with van der Waals surface area (Å²) in [7, 11) is 0. The van der Waals surface area contributed by atoms with Crippen LogP contribution in [0.25, 0.3) is 0 Å². The Hall–Kier alpha value is -2.82. The Labute approximate surface area is 167 Å². The standard InChI is InChI=1S/C23H29N3O2/c1-3-26(20-9-6-7-17(2)15-20)14-13-24-22(27)12-11-19-16-18-8-4-5-10-21(18)25-23(19)28/h4-10,15,19H,3,11-14,16H2,1-2H3,(H,24,27)(H,25,28). The highest BCUT2D eigenvalue weighted by molar-refractivity contribution is 5.96. The average Bonchev–Trinajstić information content (AvgIpc) is 2.69. The Bertz CT molecular complexity index is 834. The van der Waals surface area contributed by atoms with Crippen LogP contribution in [0.15, 0.2) is 48.5 Å². The lowest BCUT2D eigenvalue weighted by molar-refractivity contribution is -0.122. The number of amides is 2. The van der Waals surface area contributed by atoms with E-state index < -0.39 is 0 Å². The molecule has 0 saturated carbocycles. The van der Waals surface area contributed by atoms with E-state index in [4.69, 9.17) is 0 Å². The summed E-state index contributed by atoms with van der Waals surface area (Å²) in [5.74, 6) is -0.116. The van der Waals surface area contributed by atoms with Gasteiger partial charge in [-0.25, -0.2) is 0 Å². The van der Waals surface area contributed by atoms with Gasteiger partial charge in [-0.3, -0.25) is 9.59 Å². The molecule has 0 aromatic heterocycles. The molecule has 1 heterocycles. The van der Waals surface area contributed by atoms with Gasteiger partial charge >= 0.3 is 0 Å². The molecule has 2 aromatic rings. The third-order valence-corrected chi connectivity index (χ3v) is 5.28. The van der Waals surface area contributed by atoms with Crippen molar-refractivity contribution >= 4 is 23.2 Å². The van der Waals surface area contributed by atoms with Gasteiger partial charge in [0.25, 0.3) is 0 Å². The lowest BCUT2D eigenvalue weighted by Gasteiger charge is -2.25. The van der Waals surface area contributed by atoms with Gasteiger partial charge in [-0.1, -0.05) is 30.3 Å². The zero-order valence-corrected chi connectivity index (χ0v) is 16.7. The second-order valence-corrected chi connectivity index (χ2v) is 7.35. The molecule has 0 fully saturated rings.